The smallest absolute Gasteiger partial charge is 0.450 e. The Morgan fingerprint density at radius 3 is 1.70 bits per heavy atom. The van der Waals surface area contributed by atoms with E-state index >= 15 is 0 Å². The highest BCUT2D eigenvalue weighted by molar-refractivity contribution is 6.50. The first-order chi connectivity index (χ1) is 4.36. The third-order valence-electron chi connectivity index (χ3n) is 1.14. The van der Waals surface area contributed by atoms with E-state index in [2.05, 4.69) is 0 Å². The van der Waals surface area contributed by atoms with Crippen LogP contribution in [0.25, 0.3) is 0 Å². The van der Waals surface area contributed by atoms with Gasteiger partial charge >= 0.3 is 6.16 Å². The summed E-state index contributed by atoms with van der Waals surface area (Å²) in [6.07, 6.45) is -0.865. The molecule has 0 aromatic rings. The van der Waals surface area contributed by atoms with Gasteiger partial charge in [-0.1, -0.05) is 6.92 Å². The Labute approximate surface area is 68.6 Å². The minimum atomic E-state index is -1.83. The van der Waals surface area contributed by atoms with Gasteiger partial charge in [0.05, 0.1) is 0 Å². The van der Waals surface area contributed by atoms with Crippen LogP contribution in [0.4, 0.5) is 4.79 Å². The molecule has 0 radical (unpaired) electrons. The van der Waals surface area contributed by atoms with Crippen molar-refractivity contribution < 1.29 is 15.0 Å². The molecule has 3 nitrogen and oxygen atoms in total. The average Bonchev–Trinajstić information content (AvgIpc) is 2.08. The van der Waals surface area contributed by atoms with Gasteiger partial charge < -0.3 is 10.2 Å². The zero-order valence-corrected chi connectivity index (χ0v) is 6.85. The molecule has 1 aliphatic carbocycles. The Bertz CT molecular complexity index is 131. The molecule has 0 aromatic heterocycles. The van der Waals surface area contributed by atoms with E-state index in [4.69, 9.17) is 38.2 Å². The van der Waals surface area contributed by atoms with Crippen LogP contribution in [0, 0.1) is 5.92 Å². The minimum absolute atomic E-state index is 0.347. The number of rotatable bonds is 0. The van der Waals surface area contributed by atoms with Gasteiger partial charge in [-0.15, -0.1) is 23.2 Å². The quantitative estimate of drug-likeness (QED) is 0.572. The van der Waals surface area contributed by atoms with Crippen LogP contribution in [0.1, 0.15) is 13.3 Å². The Balaban J connectivity index is 0.000000180. The average molecular weight is 187 g/mol. The molecule has 1 aliphatic rings. The lowest BCUT2D eigenvalue weighted by molar-refractivity contribution is 0.137. The van der Waals surface area contributed by atoms with E-state index in [1.165, 1.54) is 0 Å². The molecule has 1 atom stereocenters. The van der Waals surface area contributed by atoms with Gasteiger partial charge in [-0.3, -0.25) is 0 Å². The second kappa shape index (κ2) is 3.30. The third-order valence-corrected chi connectivity index (χ3v) is 2.19. The van der Waals surface area contributed by atoms with E-state index < -0.39 is 6.16 Å². The van der Waals surface area contributed by atoms with Gasteiger partial charge in [0.2, 0.25) is 0 Å². The molecule has 2 N–H and O–H groups in total. The van der Waals surface area contributed by atoms with E-state index in [-0.39, 0.29) is 4.33 Å². The summed E-state index contributed by atoms with van der Waals surface area (Å²) in [6, 6.07) is 0. The van der Waals surface area contributed by atoms with E-state index in [0.29, 0.717) is 5.92 Å². The number of hydrogen-bond acceptors (Lipinski definition) is 1. The molecular formula is C5H8Cl2O3. The fraction of sp³-hybridized carbons (Fsp3) is 0.800. The van der Waals surface area contributed by atoms with Gasteiger partial charge in [-0.2, -0.15) is 0 Å². The molecule has 0 saturated heterocycles. The predicted molar refractivity (Wildman–Crippen MR) is 38.9 cm³/mol. The highest BCUT2D eigenvalue weighted by atomic mass is 35.5. The molecule has 60 valence electrons. The highest BCUT2D eigenvalue weighted by Crippen LogP contribution is 2.52. The lowest BCUT2D eigenvalue weighted by Crippen LogP contribution is -1.81. The van der Waals surface area contributed by atoms with Crippen molar-refractivity contribution in [2.45, 2.75) is 17.7 Å². The lowest BCUT2D eigenvalue weighted by Gasteiger charge is -1.85. The topological polar surface area (TPSA) is 57.5 Å². The zero-order chi connectivity index (χ0) is 8.36. The van der Waals surface area contributed by atoms with Crippen LogP contribution in [0.15, 0.2) is 0 Å². The summed E-state index contributed by atoms with van der Waals surface area (Å²) in [7, 11) is 0. The van der Waals surface area contributed by atoms with Crippen molar-refractivity contribution in [2.75, 3.05) is 0 Å². The predicted octanol–water partition coefficient (Wildman–Crippen LogP) is 2.42. The van der Waals surface area contributed by atoms with Crippen LogP contribution in [0.5, 0.6) is 0 Å². The highest BCUT2D eigenvalue weighted by Gasteiger charge is 2.47. The SMILES string of the molecule is CC1CC1(Cl)Cl.O=C(O)O. The van der Waals surface area contributed by atoms with E-state index in [0.717, 1.165) is 6.42 Å². The van der Waals surface area contributed by atoms with Crippen molar-refractivity contribution in [1.29, 1.82) is 0 Å². The van der Waals surface area contributed by atoms with Crippen molar-refractivity contribution in [3.05, 3.63) is 0 Å². The third kappa shape index (κ3) is 4.70. The first-order valence-corrected chi connectivity index (χ1v) is 3.41. The van der Waals surface area contributed by atoms with Gasteiger partial charge in [0.1, 0.15) is 4.33 Å². The van der Waals surface area contributed by atoms with Gasteiger partial charge in [0, 0.05) is 0 Å². The van der Waals surface area contributed by atoms with Crippen LogP contribution < -0.4 is 0 Å². The minimum Gasteiger partial charge on any atom is -0.450 e. The van der Waals surface area contributed by atoms with Crippen LogP contribution in [0.2, 0.25) is 0 Å². The molecule has 0 heterocycles. The summed E-state index contributed by atoms with van der Waals surface area (Å²) in [5.74, 6) is 0.529. The molecule has 1 unspecified atom stereocenters. The largest absolute Gasteiger partial charge is 0.503 e. The molecule has 0 aromatic carbocycles. The fourth-order valence-corrected chi connectivity index (χ4v) is 0.812. The van der Waals surface area contributed by atoms with Crippen LogP contribution in [-0.2, 0) is 0 Å². The summed E-state index contributed by atoms with van der Waals surface area (Å²) in [6.45, 7) is 2.04. The van der Waals surface area contributed by atoms with Gasteiger partial charge in [-0.05, 0) is 12.3 Å². The van der Waals surface area contributed by atoms with E-state index in [1.807, 2.05) is 6.92 Å². The lowest BCUT2D eigenvalue weighted by atomic mass is 10.5. The summed E-state index contributed by atoms with van der Waals surface area (Å²) in [5.41, 5.74) is 0. The fourth-order valence-electron chi connectivity index (χ4n) is 0.349. The molecule has 0 aliphatic heterocycles. The molecule has 0 bridgehead atoms. The van der Waals surface area contributed by atoms with Crippen molar-refractivity contribution in [3.8, 4) is 0 Å². The number of hydrogen-bond donors (Lipinski definition) is 2. The first kappa shape index (κ1) is 9.85. The van der Waals surface area contributed by atoms with Crippen LogP contribution in [-0.4, -0.2) is 20.7 Å². The number of carboxylic acid groups (broad SMARTS) is 2. The molecule has 1 fully saturated rings. The van der Waals surface area contributed by atoms with Gasteiger partial charge in [0.15, 0.2) is 0 Å². The van der Waals surface area contributed by atoms with Crippen molar-refractivity contribution in [2.24, 2.45) is 5.92 Å². The summed E-state index contributed by atoms with van der Waals surface area (Å²) < 4.78 is -0.347. The maximum Gasteiger partial charge on any atom is 0.503 e. The monoisotopic (exact) mass is 186 g/mol. The standard InChI is InChI=1S/C4H6Cl2.CH2O3/c1-3-2-4(3,5)6;2-1(3)4/h3H,2H2,1H3;(H2,2,3,4). The summed E-state index contributed by atoms with van der Waals surface area (Å²) >= 11 is 11.1. The molecule has 5 heteroatoms. The Morgan fingerprint density at radius 2 is 1.70 bits per heavy atom. The van der Waals surface area contributed by atoms with Crippen LogP contribution >= 0.6 is 23.2 Å². The normalized spacial score (nSPS) is 26.1. The molecular weight excluding hydrogens is 179 g/mol. The van der Waals surface area contributed by atoms with Crippen molar-refractivity contribution >= 4 is 29.4 Å². The summed E-state index contributed by atoms with van der Waals surface area (Å²) in [4.78, 5) is 8.56. The second-order valence-electron chi connectivity index (χ2n) is 2.15. The molecule has 10 heavy (non-hydrogen) atoms. The maximum atomic E-state index is 8.56. The molecule has 1 saturated carbocycles. The molecule has 0 spiro atoms. The summed E-state index contributed by atoms with van der Waals surface area (Å²) in [5, 5.41) is 13.9. The van der Waals surface area contributed by atoms with E-state index in [1.54, 1.807) is 0 Å². The maximum absolute atomic E-state index is 8.56. The van der Waals surface area contributed by atoms with Gasteiger partial charge in [-0.25, -0.2) is 4.79 Å². The second-order valence-corrected chi connectivity index (χ2v) is 3.69. The Kier molecular flexibility index (Phi) is 3.25. The first-order valence-electron chi connectivity index (χ1n) is 2.66. The Morgan fingerprint density at radius 1 is 1.60 bits per heavy atom. The molecule has 0 amide bonds. The number of halogens is 2. The number of alkyl halides is 2. The Hall–Kier alpha value is -0.150. The zero-order valence-electron chi connectivity index (χ0n) is 5.34. The van der Waals surface area contributed by atoms with Crippen molar-refractivity contribution in [1.82, 2.24) is 0 Å². The van der Waals surface area contributed by atoms with E-state index in [9.17, 15) is 0 Å². The molecule has 1 rings (SSSR count). The number of carbonyl (C=O) groups is 1. The van der Waals surface area contributed by atoms with Gasteiger partial charge in [0.25, 0.3) is 0 Å². The van der Waals surface area contributed by atoms with Crippen LogP contribution in [0.3, 0.4) is 0 Å². The van der Waals surface area contributed by atoms with Crippen molar-refractivity contribution in [3.63, 3.8) is 0 Å².